The lowest BCUT2D eigenvalue weighted by Gasteiger charge is -2.47. The third-order valence-corrected chi connectivity index (χ3v) is 4.38. The molecule has 1 aromatic carbocycles. The molecule has 1 heterocycles. The van der Waals surface area contributed by atoms with Crippen molar-refractivity contribution in [3.05, 3.63) is 35.9 Å². The molecule has 1 N–H and O–H groups in total. The molecule has 1 aromatic rings. The summed E-state index contributed by atoms with van der Waals surface area (Å²) in [6.07, 6.45) is 2.29. The Balaban J connectivity index is 1.45. The molecule has 0 bridgehead atoms. The van der Waals surface area contributed by atoms with E-state index in [1.807, 2.05) is 42.3 Å². The first kappa shape index (κ1) is 13.6. The van der Waals surface area contributed by atoms with Crippen LogP contribution in [0, 0.1) is 5.92 Å². The van der Waals surface area contributed by atoms with Crippen molar-refractivity contribution in [2.45, 2.75) is 25.0 Å². The van der Waals surface area contributed by atoms with E-state index < -0.39 is 5.60 Å². The maximum atomic E-state index is 12.1. The lowest BCUT2D eigenvalue weighted by Crippen LogP contribution is -2.64. The minimum absolute atomic E-state index is 0.117. The molecule has 1 aliphatic carbocycles. The Morgan fingerprint density at radius 3 is 2.60 bits per heavy atom. The summed E-state index contributed by atoms with van der Waals surface area (Å²) in [4.78, 5) is 15.9. The molecule has 0 radical (unpaired) electrons. The molecule has 3 rings (SSSR count). The first-order valence-corrected chi connectivity index (χ1v) is 7.29. The SMILES string of the molecule is CN(Cc1ccccc1)C(=O)CN1CC(O)(C2CC2)C1. The van der Waals surface area contributed by atoms with E-state index in [9.17, 15) is 9.90 Å². The van der Waals surface area contributed by atoms with Crippen LogP contribution < -0.4 is 0 Å². The van der Waals surface area contributed by atoms with Gasteiger partial charge in [-0.05, 0) is 24.3 Å². The minimum Gasteiger partial charge on any atom is -0.387 e. The molecule has 0 aromatic heterocycles. The van der Waals surface area contributed by atoms with Gasteiger partial charge >= 0.3 is 0 Å². The number of carbonyl (C=O) groups is 1. The maximum Gasteiger partial charge on any atom is 0.236 e. The number of aliphatic hydroxyl groups is 1. The molecule has 0 atom stereocenters. The van der Waals surface area contributed by atoms with Gasteiger partial charge in [0.15, 0.2) is 0 Å². The molecule has 1 saturated carbocycles. The van der Waals surface area contributed by atoms with Crippen LogP contribution in [-0.2, 0) is 11.3 Å². The first-order valence-electron chi connectivity index (χ1n) is 7.29. The van der Waals surface area contributed by atoms with Crippen LogP contribution in [-0.4, -0.2) is 53.1 Å². The summed E-state index contributed by atoms with van der Waals surface area (Å²) < 4.78 is 0. The van der Waals surface area contributed by atoms with Gasteiger partial charge in [0, 0.05) is 26.7 Å². The summed E-state index contributed by atoms with van der Waals surface area (Å²) in [5, 5.41) is 10.2. The molecule has 4 heteroatoms. The van der Waals surface area contributed by atoms with Crippen molar-refractivity contribution in [3.8, 4) is 0 Å². The summed E-state index contributed by atoms with van der Waals surface area (Å²) in [5.41, 5.74) is 0.639. The second kappa shape index (κ2) is 5.19. The average Bonchev–Trinajstić information content (AvgIpc) is 3.22. The molecule has 2 aliphatic rings. The number of likely N-dealkylation sites (tertiary alicyclic amines) is 1. The largest absolute Gasteiger partial charge is 0.387 e. The second-order valence-electron chi connectivity index (χ2n) is 6.26. The monoisotopic (exact) mass is 274 g/mol. The van der Waals surface area contributed by atoms with Crippen molar-refractivity contribution < 1.29 is 9.90 Å². The Kier molecular flexibility index (Phi) is 3.52. The first-order chi connectivity index (χ1) is 9.57. The molecule has 0 unspecified atom stereocenters. The molecule has 1 saturated heterocycles. The van der Waals surface area contributed by atoms with E-state index in [1.54, 1.807) is 4.90 Å². The number of rotatable bonds is 5. The Hall–Kier alpha value is -1.39. The van der Waals surface area contributed by atoms with E-state index in [2.05, 4.69) is 0 Å². The smallest absolute Gasteiger partial charge is 0.236 e. The van der Waals surface area contributed by atoms with Crippen LogP contribution in [0.4, 0.5) is 0 Å². The number of nitrogens with zero attached hydrogens (tertiary/aromatic N) is 2. The highest BCUT2D eigenvalue weighted by Gasteiger charge is 2.52. The van der Waals surface area contributed by atoms with Crippen molar-refractivity contribution in [1.29, 1.82) is 0 Å². The quantitative estimate of drug-likeness (QED) is 0.874. The van der Waals surface area contributed by atoms with Crippen molar-refractivity contribution in [1.82, 2.24) is 9.80 Å². The zero-order chi connectivity index (χ0) is 14.2. The van der Waals surface area contributed by atoms with Gasteiger partial charge in [0.05, 0.1) is 12.1 Å². The average molecular weight is 274 g/mol. The van der Waals surface area contributed by atoms with Crippen molar-refractivity contribution in [2.75, 3.05) is 26.7 Å². The highest BCUT2D eigenvalue weighted by molar-refractivity contribution is 5.78. The predicted octanol–water partition coefficient (Wildman–Crippen LogP) is 1.10. The van der Waals surface area contributed by atoms with Gasteiger partial charge in [-0.15, -0.1) is 0 Å². The normalized spacial score (nSPS) is 21.3. The van der Waals surface area contributed by atoms with Crippen LogP contribution >= 0.6 is 0 Å². The van der Waals surface area contributed by atoms with E-state index in [0.717, 1.165) is 18.4 Å². The van der Waals surface area contributed by atoms with Crippen LogP contribution in [0.25, 0.3) is 0 Å². The minimum atomic E-state index is -0.502. The van der Waals surface area contributed by atoms with Crippen molar-refractivity contribution in [3.63, 3.8) is 0 Å². The maximum absolute atomic E-state index is 12.1. The summed E-state index contributed by atoms with van der Waals surface area (Å²) >= 11 is 0. The molecular formula is C16H22N2O2. The fraction of sp³-hybridized carbons (Fsp3) is 0.562. The predicted molar refractivity (Wildman–Crippen MR) is 77.0 cm³/mol. The van der Waals surface area contributed by atoms with Gasteiger partial charge in [0.1, 0.15) is 0 Å². The summed E-state index contributed by atoms with van der Waals surface area (Å²) in [5.74, 6) is 0.600. The standard InChI is InChI=1S/C16H22N2O2/c1-17(9-13-5-3-2-4-6-13)15(19)10-18-11-16(20,12-18)14-7-8-14/h2-6,14,20H,7-12H2,1H3. The van der Waals surface area contributed by atoms with Crippen LogP contribution in [0.15, 0.2) is 30.3 Å². The molecule has 20 heavy (non-hydrogen) atoms. The third kappa shape index (κ3) is 2.86. The molecule has 108 valence electrons. The van der Waals surface area contributed by atoms with Gasteiger partial charge in [-0.2, -0.15) is 0 Å². The molecule has 2 fully saturated rings. The van der Waals surface area contributed by atoms with Crippen LogP contribution in [0.3, 0.4) is 0 Å². The summed E-state index contributed by atoms with van der Waals surface area (Å²) in [7, 11) is 1.84. The number of carbonyl (C=O) groups excluding carboxylic acids is 1. The van der Waals surface area contributed by atoms with E-state index in [-0.39, 0.29) is 5.91 Å². The van der Waals surface area contributed by atoms with Gasteiger partial charge in [-0.3, -0.25) is 9.69 Å². The molecular weight excluding hydrogens is 252 g/mol. The van der Waals surface area contributed by atoms with Crippen LogP contribution in [0.2, 0.25) is 0 Å². The molecule has 0 spiro atoms. The molecule has 1 aliphatic heterocycles. The Bertz CT molecular complexity index is 479. The van der Waals surface area contributed by atoms with Crippen molar-refractivity contribution >= 4 is 5.91 Å². The second-order valence-corrected chi connectivity index (χ2v) is 6.26. The Morgan fingerprint density at radius 2 is 2.00 bits per heavy atom. The fourth-order valence-electron chi connectivity index (χ4n) is 2.98. The number of hydrogen-bond acceptors (Lipinski definition) is 3. The zero-order valence-electron chi connectivity index (χ0n) is 12.0. The van der Waals surface area contributed by atoms with Gasteiger partial charge in [0.25, 0.3) is 0 Å². The number of amides is 1. The lowest BCUT2D eigenvalue weighted by atomic mass is 9.89. The van der Waals surface area contributed by atoms with Gasteiger partial charge in [0.2, 0.25) is 5.91 Å². The van der Waals surface area contributed by atoms with Crippen molar-refractivity contribution in [2.24, 2.45) is 5.92 Å². The third-order valence-electron chi connectivity index (χ3n) is 4.38. The number of benzene rings is 1. The lowest BCUT2D eigenvalue weighted by molar-refractivity contribution is -0.144. The molecule has 4 nitrogen and oxygen atoms in total. The Labute approximate surface area is 120 Å². The van der Waals surface area contributed by atoms with E-state index in [1.165, 1.54) is 0 Å². The molecule has 1 amide bonds. The van der Waals surface area contributed by atoms with E-state index in [4.69, 9.17) is 0 Å². The number of likely N-dealkylation sites (N-methyl/N-ethyl adjacent to an activating group) is 1. The number of β-amino-alcohol motifs (C(OH)–C–C–N with tert-alkyl or cyclic N) is 1. The van der Waals surface area contributed by atoms with Crippen LogP contribution in [0.5, 0.6) is 0 Å². The van der Waals surface area contributed by atoms with E-state index >= 15 is 0 Å². The topological polar surface area (TPSA) is 43.8 Å². The zero-order valence-corrected chi connectivity index (χ0v) is 12.0. The highest BCUT2D eigenvalue weighted by atomic mass is 16.3. The van der Waals surface area contributed by atoms with Gasteiger partial charge in [-0.25, -0.2) is 0 Å². The van der Waals surface area contributed by atoms with Gasteiger partial charge < -0.3 is 10.0 Å². The van der Waals surface area contributed by atoms with E-state index in [0.29, 0.717) is 32.1 Å². The van der Waals surface area contributed by atoms with Gasteiger partial charge in [-0.1, -0.05) is 30.3 Å². The fourth-order valence-corrected chi connectivity index (χ4v) is 2.98. The summed E-state index contributed by atoms with van der Waals surface area (Å²) in [6, 6.07) is 10.0. The summed E-state index contributed by atoms with van der Waals surface area (Å²) in [6.45, 7) is 2.37. The highest BCUT2D eigenvalue weighted by Crippen LogP contribution is 2.44. The number of hydrogen-bond donors (Lipinski definition) is 1. The Morgan fingerprint density at radius 1 is 1.35 bits per heavy atom. The van der Waals surface area contributed by atoms with Crippen LogP contribution in [0.1, 0.15) is 18.4 Å².